The van der Waals surface area contributed by atoms with Gasteiger partial charge in [-0.1, -0.05) is 0 Å². The Bertz CT molecular complexity index is 653. The Labute approximate surface area is 141 Å². The van der Waals surface area contributed by atoms with Crippen LogP contribution in [0.3, 0.4) is 0 Å². The molecule has 0 unspecified atom stereocenters. The summed E-state index contributed by atoms with van der Waals surface area (Å²) in [6.45, 7) is 3.19. The van der Waals surface area contributed by atoms with E-state index in [1.807, 2.05) is 4.90 Å². The van der Waals surface area contributed by atoms with Gasteiger partial charge in [0.25, 0.3) is 5.91 Å². The number of nitrogen functional groups attached to an aromatic ring is 1. The number of hydrogen-bond donors (Lipinski definition) is 2. The van der Waals surface area contributed by atoms with E-state index in [2.05, 4.69) is 15.1 Å². The fraction of sp³-hybridized carbons (Fsp3) is 0.706. The molecule has 2 saturated heterocycles. The van der Waals surface area contributed by atoms with Crippen LogP contribution in [0.2, 0.25) is 0 Å². The molecule has 3 N–H and O–H groups in total. The second-order valence-corrected chi connectivity index (χ2v) is 7.75. The molecule has 1 saturated carbocycles. The summed E-state index contributed by atoms with van der Waals surface area (Å²) in [7, 11) is 0. The molecule has 3 heterocycles. The van der Waals surface area contributed by atoms with E-state index >= 15 is 0 Å². The quantitative estimate of drug-likeness (QED) is 0.871. The average Bonchev–Trinajstić information content (AvgIpc) is 3.29. The van der Waals surface area contributed by atoms with Gasteiger partial charge in [-0.2, -0.15) is 5.10 Å². The standard InChI is InChI=1S/C17H25N5O2/c18-14-8-13(19-20-14)16(24)21-7-1-5-17(10-21)6-4-15(23)22(11-17)9-12-2-3-12/h8,12H,1-7,9-11H2,(H3,18,19,20)/t17-/m0/s1. The van der Waals surface area contributed by atoms with Gasteiger partial charge < -0.3 is 15.5 Å². The molecule has 7 nitrogen and oxygen atoms in total. The fourth-order valence-corrected chi connectivity index (χ4v) is 4.21. The minimum absolute atomic E-state index is 0.0380. The van der Waals surface area contributed by atoms with Gasteiger partial charge in [0.15, 0.2) is 0 Å². The van der Waals surface area contributed by atoms with Crippen molar-refractivity contribution in [2.24, 2.45) is 11.3 Å². The summed E-state index contributed by atoms with van der Waals surface area (Å²) in [5.74, 6) is 1.29. The summed E-state index contributed by atoms with van der Waals surface area (Å²) in [4.78, 5) is 28.9. The van der Waals surface area contributed by atoms with Crippen molar-refractivity contribution in [3.8, 4) is 0 Å². The van der Waals surface area contributed by atoms with Crippen LogP contribution >= 0.6 is 0 Å². The van der Waals surface area contributed by atoms with Gasteiger partial charge in [0.1, 0.15) is 11.5 Å². The minimum atomic E-state index is -0.0380. The maximum absolute atomic E-state index is 12.7. The predicted octanol–water partition coefficient (Wildman–Crippen LogP) is 1.25. The van der Waals surface area contributed by atoms with Crippen molar-refractivity contribution in [1.82, 2.24) is 20.0 Å². The van der Waals surface area contributed by atoms with Gasteiger partial charge in [-0.3, -0.25) is 14.7 Å². The van der Waals surface area contributed by atoms with Gasteiger partial charge >= 0.3 is 0 Å². The Morgan fingerprint density at radius 3 is 2.92 bits per heavy atom. The topological polar surface area (TPSA) is 95.3 Å². The molecule has 1 spiro atoms. The van der Waals surface area contributed by atoms with Gasteiger partial charge in [0, 0.05) is 44.1 Å². The van der Waals surface area contributed by atoms with Crippen molar-refractivity contribution in [3.05, 3.63) is 11.8 Å². The van der Waals surface area contributed by atoms with E-state index in [-0.39, 0.29) is 17.2 Å². The minimum Gasteiger partial charge on any atom is -0.382 e. The first-order valence-corrected chi connectivity index (χ1v) is 8.93. The zero-order valence-electron chi connectivity index (χ0n) is 14.0. The van der Waals surface area contributed by atoms with E-state index in [0.29, 0.717) is 23.9 Å². The normalized spacial score (nSPS) is 27.8. The van der Waals surface area contributed by atoms with Crippen LogP contribution < -0.4 is 5.73 Å². The van der Waals surface area contributed by atoms with Crippen LogP contribution in [0.15, 0.2) is 6.07 Å². The second kappa shape index (κ2) is 5.79. The molecule has 24 heavy (non-hydrogen) atoms. The molecule has 1 aliphatic carbocycles. The van der Waals surface area contributed by atoms with Crippen molar-refractivity contribution < 1.29 is 9.59 Å². The lowest BCUT2D eigenvalue weighted by Gasteiger charge is -2.48. The smallest absolute Gasteiger partial charge is 0.271 e. The molecule has 1 aromatic rings. The number of hydrogen-bond acceptors (Lipinski definition) is 4. The SMILES string of the molecule is Nc1cc(C(=O)N2CCC[C@]3(CCC(=O)N(CC4CC4)C3)C2)[nH]n1. The molecule has 1 aromatic heterocycles. The van der Waals surface area contributed by atoms with Gasteiger partial charge in [0.2, 0.25) is 5.91 Å². The van der Waals surface area contributed by atoms with Crippen LogP contribution in [0.5, 0.6) is 0 Å². The molecule has 3 aliphatic rings. The van der Waals surface area contributed by atoms with Crippen molar-refractivity contribution in [2.45, 2.75) is 38.5 Å². The monoisotopic (exact) mass is 331 g/mol. The molecule has 3 fully saturated rings. The van der Waals surface area contributed by atoms with Gasteiger partial charge in [-0.15, -0.1) is 0 Å². The molecule has 0 bridgehead atoms. The lowest BCUT2D eigenvalue weighted by Crippen LogP contribution is -2.55. The molecule has 0 radical (unpaired) electrons. The van der Waals surface area contributed by atoms with Crippen molar-refractivity contribution in [2.75, 3.05) is 31.9 Å². The number of nitrogens with zero attached hydrogens (tertiary/aromatic N) is 3. The van der Waals surface area contributed by atoms with E-state index < -0.39 is 0 Å². The first-order valence-electron chi connectivity index (χ1n) is 8.93. The number of nitrogens with one attached hydrogen (secondary N) is 1. The largest absolute Gasteiger partial charge is 0.382 e. The van der Waals surface area contributed by atoms with Crippen LogP contribution in [0.25, 0.3) is 0 Å². The van der Waals surface area contributed by atoms with E-state index in [0.717, 1.165) is 45.4 Å². The van der Waals surface area contributed by atoms with Crippen LogP contribution in [0.1, 0.15) is 49.0 Å². The molecule has 7 heteroatoms. The predicted molar refractivity (Wildman–Crippen MR) is 89.1 cm³/mol. The average molecular weight is 331 g/mol. The molecule has 1 atom stereocenters. The maximum atomic E-state index is 12.7. The molecular formula is C17H25N5O2. The van der Waals surface area contributed by atoms with E-state index in [1.54, 1.807) is 6.07 Å². The van der Waals surface area contributed by atoms with Gasteiger partial charge in [0.05, 0.1) is 0 Å². The molecule has 4 rings (SSSR count). The number of carbonyl (C=O) groups excluding carboxylic acids is 2. The molecule has 0 aromatic carbocycles. The number of amides is 2. The first-order chi connectivity index (χ1) is 11.5. The lowest BCUT2D eigenvalue weighted by molar-refractivity contribution is -0.139. The van der Waals surface area contributed by atoms with Crippen molar-refractivity contribution >= 4 is 17.6 Å². The molecule has 2 aliphatic heterocycles. The number of H-pyrrole nitrogens is 1. The summed E-state index contributed by atoms with van der Waals surface area (Å²) in [5, 5.41) is 6.56. The Morgan fingerprint density at radius 2 is 2.21 bits per heavy atom. The zero-order chi connectivity index (χ0) is 16.7. The Kier molecular flexibility index (Phi) is 3.73. The number of carbonyl (C=O) groups is 2. The Hall–Kier alpha value is -2.05. The van der Waals surface area contributed by atoms with Crippen molar-refractivity contribution in [3.63, 3.8) is 0 Å². The second-order valence-electron chi connectivity index (χ2n) is 7.75. The molecule has 130 valence electrons. The lowest BCUT2D eigenvalue weighted by atomic mass is 9.73. The third kappa shape index (κ3) is 2.99. The van der Waals surface area contributed by atoms with Crippen molar-refractivity contribution in [1.29, 1.82) is 0 Å². The summed E-state index contributed by atoms with van der Waals surface area (Å²) in [6, 6.07) is 1.59. The number of nitrogens with two attached hydrogens (primary N) is 1. The highest BCUT2D eigenvalue weighted by Gasteiger charge is 2.43. The highest BCUT2D eigenvalue weighted by atomic mass is 16.2. The summed E-state index contributed by atoms with van der Waals surface area (Å²) in [6.07, 6.45) is 6.09. The number of rotatable bonds is 3. The molecular weight excluding hydrogens is 306 g/mol. The summed E-state index contributed by atoms with van der Waals surface area (Å²) in [5.41, 5.74) is 6.12. The molecule has 2 amide bonds. The maximum Gasteiger partial charge on any atom is 0.271 e. The number of piperidine rings is 2. The number of aromatic nitrogens is 2. The zero-order valence-corrected chi connectivity index (χ0v) is 14.0. The van der Waals surface area contributed by atoms with E-state index in [1.165, 1.54) is 12.8 Å². The Balaban J connectivity index is 1.46. The number of anilines is 1. The third-order valence-electron chi connectivity index (χ3n) is 5.70. The summed E-state index contributed by atoms with van der Waals surface area (Å²) >= 11 is 0. The highest BCUT2D eigenvalue weighted by Crippen LogP contribution is 2.40. The van der Waals surface area contributed by atoms with Gasteiger partial charge in [-0.05, 0) is 38.0 Å². The van der Waals surface area contributed by atoms with E-state index in [4.69, 9.17) is 5.73 Å². The van der Waals surface area contributed by atoms with Crippen LogP contribution in [-0.2, 0) is 4.79 Å². The third-order valence-corrected chi connectivity index (χ3v) is 5.70. The first kappa shape index (κ1) is 15.5. The fourth-order valence-electron chi connectivity index (χ4n) is 4.21. The van der Waals surface area contributed by atoms with Crippen LogP contribution in [-0.4, -0.2) is 58.0 Å². The highest BCUT2D eigenvalue weighted by molar-refractivity contribution is 5.93. The summed E-state index contributed by atoms with van der Waals surface area (Å²) < 4.78 is 0. The van der Waals surface area contributed by atoms with Gasteiger partial charge in [-0.25, -0.2) is 0 Å². The van der Waals surface area contributed by atoms with Crippen LogP contribution in [0.4, 0.5) is 5.82 Å². The van der Waals surface area contributed by atoms with E-state index in [9.17, 15) is 9.59 Å². The Morgan fingerprint density at radius 1 is 1.38 bits per heavy atom. The number of likely N-dealkylation sites (tertiary alicyclic amines) is 2. The number of aromatic amines is 1. The van der Waals surface area contributed by atoms with Crippen LogP contribution in [0, 0.1) is 11.3 Å².